The number of benzene rings is 1. The number of ether oxygens (including phenoxy) is 1. The standard InChI is InChI=1S/C14H23BO4/c1-3-5-6-12(4-2)11-18-13-7-9-14(10-8-13)19-15(16)17/h7-10,12,16-17H,3-6,11H2,1-2H3. The van der Waals surface area contributed by atoms with E-state index in [1.54, 1.807) is 24.3 Å². The van der Waals surface area contributed by atoms with Crippen LogP contribution in [0.15, 0.2) is 24.3 Å². The van der Waals surface area contributed by atoms with Crippen LogP contribution >= 0.6 is 0 Å². The molecule has 2 N–H and O–H groups in total. The third-order valence-electron chi connectivity index (χ3n) is 3.09. The molecule has 0 fully saturated rings. The summed E-state index contributed by atoms with van der Waals surface area (Å²) in [5, 5.41) is 17.3. The van der Waals surface area contributed by atoms with Gasteiger partial charge in [0.25, 0.3) is 0 Å². The molecule has 19 heavy (non-hydrogen) atoms. The first kappa shape index (κ1) is 15.9. The van der Waals surface area contributed by atoms with Crippen LogP contribution in [0, 0.1) is 5.92 Å². The Morgan fingerprint density at radius 2 is 1.74 bits per heavy atom. The zero-order chi connectivity index (χ0) is 14.1. The fourth-order valence-electron chi connectivity index (χ4n) is 1.85. The lowest BCUT2D eigenvalue weighted by Crippen LogP contribution is -2.20. The third kappa shape index (κ3) is 6.50. The van der Waals surface area contributed by atoms with Gasteiger partial charge in [0, 0.05) is 0 Å². The van der Waals surface area contributed by atoms with Gasteiger partial charge in [-0.05, 0) is 36.6 Å². The van der Waals surface area contributed by atoms with E-state index in [0.29, 0.717) is 11.7 Å². The highest BCUT2D eigenvalue weighted by atomic mass is 16.6. The Labute approximate surface area is 115 Å². The maximum atomic E-state index is 8.67. The second-order valence-corrected chi connectivity index (χ2v) is 4.64. The summed E-state index contributed by atoms with van der Waals surface area (Å²) in [5.74, 6) is 1.77. The molecular weight excluding hydrogens is 243 g/mol. The van der Waals surface area contributed by atoms with Crippen molar-refractivity contribution in [1.82, 2.24) is 0 Å². The van der Waals surface area contributed by atoms with Gasteiger partial charge < -0.3 is 19.4 Å². The summed E-state index contributed by atoms with van der Waals surface area (Å²) in [6.45, 7) is 5.10. The molecular formula is C14H23BO4. The van der Waals surface area contributed by atoms with Gasteiger partial charge in [-0.3, -0.25) is 0 Å². The highest BCUT2D eigenvalue weighted by Crippen LogP contribution is 2.20. The van der Waals surface area contributed by atoms with Crippen molar-refractivity contribution in [3.05, 3.63) is 24.3 Å². The molecule has 0 bridgehead atoms. The topological polar surface area (TPSA) is 58.9 Å². The summed E-state index contributed by atoms with van der Waals surface area (Å²) < 4.78 is 10.5. The molecule has 0 aliphatic carbocycles. The highest BCUT2D eigenvalue weighted by Gasteiger charge is 2.11. The monoisotopic (exact) mass is 266 g/mol. The van der Waals surface area contributed by atoms with Crippen molar-refractivity contribution in [3.63, 3.8) is 0 Å². The van der Waals surface area contributed by atoms with E-state index in [0.717, 1.165) is 18.8 Å². The zero-order valence-electron chi connectivity index (χ0n) is 11.7. The van der Waals surface area contributed by atoms with E-state index in [2.05, 4.69) is 13.8 Å². The average molecular weight is 266 g/mol. The number of unbranched alkanes of at least 4 members (excludes halogenated alkanes) is 1. The Morgan fingerprint density at radius 1 is 1.11 bits per heavy atom. The van der Waals surface area contributed by atoms with Gasteiger partial charge in [-0.15, -0.1) is 0 Å². The van der Waals surface area contributed by atoms with E-state index in [1.165, 1.54) is 19.3 Å². The van der Waals surface area contributed by atoms with E-state index >= 15 is 0 Å². The van der Waals surface area contributed by atoms with E-state index < -0.39 is 7.32 Å². The molecule has 4 nitrogen and oxygen atoms in total. The molecule has 1 rings (SSSR count). The molecule has 106 valence electrons. The van der Waals surface area contributed by atoms with Crippen molar-refractivity contribution in [2.45, 2.75) is 39.5 Å². The van der Waals surface area contributed by atoms with E-state index in [9.17, 15) is 0 Å². The summed E-state index contributed by atoms with van der Waals surface area (Å²) in [6, 6.07) is 6.85. The largest absolute Gasteiger partial charge is 0.707 e. The predicted octanol–water partition coefficient (Wildman–Crippen LogP) is 2.63. The fraction of sp³-hybridized carbons (Fsp3) is 0.571. The molecule has 1 aromatic carbocycles. The molecule has 0 aliphatic rings. The molecule has 0 heterocycles. The van der Waals surface area contributed by atoms with Gasteiger partial charge in [-0.25, -0.2) is 0 Å². The normalized spacial score (nSPS) is 12.0. The van der Waals surface area contributed by atoms with Crippen LogP contribution in [0.4, 0.5) is 0 Å². The Balaban J connectivity index is 2.39. The SMILES string of the molecule is CCCCC(CC)COc1ccc(OB(O)O)cc1. The Bertz CT molecular complexity index is 340. The molecule has 0 spiro atoms. The van der Waals surface area contributed by atoms with E-state index in [4.69, 9.17) is 19.4 Å². The quantitative estimate of drug-likeness (QED) is 0.674. The smallest absolute Gasteiger partial charge is 0.512 e. The van der Waals surface area contributed by atoms with E-state index in [1.807, 2.05) is 0 Å². The van der Waals surface area contributed by atoms with Crippen molar-refractivity contribution in [1.29, 1.82) is 0 Å². The van der Waals surface area contributed by atoms with Crippen LogP contribution < -0.4 is 9.39 Å². The summed E-state index contributed by atoms with van der Waals surface area (Å²) in [7, 11) is -1.79. The fourth-order valence-corrected chi connectivity index (χ4v) is 1.85. The minimum absolute atomic E-state index is 0.403. The van der Waals surface area contributed by atoms with Gasteiger partial charge in [0.15, 0.2) is 0 Å². The maximum absolute atomic E-state index is 8.67. The maximum Gasteiger partial charge on any atom is 0.707 e. The van der Waals surface area contributed by atoms with E-state index in [-0.39, 0.29) is 0 Å². The second-order valence-electron chi connectivity index (χ2n) is 4.64. The van der Waals surface area contributed by atoms with Crippen molar-refractivity contribution < 1.29 is 19.4 Å². The molecule has 5 heteroatoms. The van der Waals surface area contributed by atoms with Gasteiger partial charge in [0.1, 0.15) is 11.5 Å². The summed E-state index contributed by atoms with van der Waals surface area (Å²) in [4.78, 5) is 0. The first-order chi connectivity index (χ1) is 9.15. The predicted molar refractivity (Wildman–Crippen MR) is 76.1 cm³/mol. The van der Waals surface area contributed by atoms with Crippen LogP contribution in [-0.4, -0.2) is 24.0 Å². The van der Waals surface area contributed by atoms with Crippen molar-refractivity contribution in [2.24, 2.45) is 5.92 Å². The van der Waals surface area contributed by atoms with Gasteiger partial charge in [-0.2, -0.15) is 0 Å². The van der Waals surface area contributed by atoms with Crippen LogP contribution in [0.3, 0.4) is 0 Å². The van der Waals surface area contributed by atoms with Crippen molar-refractivity contribution in [3.8, 4) is 11.5 Å². The Hall–Kier alpha value is -1.20. The summed E-state index contributed by atoms with van der Waals surface area (Å²) >= 11 is 0. The molecule has 1 unspecified atom stereocenters. The minimum Gasteiger partial charge on any atom is -0.512 e. The third-order valence-corrected chi connectivity index (χ3v) is 3.09. The Morgan fingerprint density at radius 3 is 2.26 bits per heavy atom. The van der Waals surface area contributed by atoms with Crippen molar-refractivity contribution in [2.75, 3.05) is 6.61 Å². The van der Waals surface area contributed by atoms with Gasteiger partial charge in [0.05, 0.1) is 6.61 Å². The molecule has 0 radical (unpaired) electrons. The minimum atomic E-state index is -1.79. The lowest BCUT2D eigenvalue weighted by Gasteiger charge is -2.15. The zero-order valence-corrected chi connectivity index (χ0v) is 11.7. The number of hydrogen-bond acceptors (Lipinski definition) is 4. The number of rotatable bonds is 9. The first-order valence-corrected chi connectivity index (χ1v) is 6.91. The number of hydrogen-bond donors (Lipinski definition) is 2. The van der Waals surface area contributed by atoms with Gasteiger partial charge in [0.2, 0.25) is 0 Å². The molecule has 0 aliphatic heterocycles. The second kappa shape index (κ2) is 8.83. The van der Waals surface area contributed by atoms with Crippen LogP contribution in [0.1, 0.15) is 39.5 Å². The molecule has 0 aromatic heterocycles. The molecule has 1 atom stereocenters. The van der Waals surface area contributed by atoms with Gasteiger partial charge in [-0.1, -0.05) is 33.1 Å². The Kier molecular flexibility index (Phi) is 7.37. The van der Waals surface area contributed by atoms with Crippen LogP contribution in [-0.2, 0) is 0 Å². The molecule has 0 saturated heterocycles. The van der Waals surface area contributed by atoms with Crippen LogP contribution in [0.5, 0.6) is 11.5 Å². The summed E-state index contributed by atoms with van der Waals surface area (Å²) in [6.07, 6.45) is 4.78. The molecule has 0 saturated carbocycles. The lowest BCUT2D eigenvalue weighted by atomic mass is 10.0. The van der Waals surface area contributed by atoms with Gasteiger partial charge >= 0.3 is 7.32 Å². The molecule has 0 amide bonds. The first-order valence-electron chi connectivity index (χ1n) is 6.91. The summed E-state index contributed by atoms with van der Waals surface area (Å²) in [5.41, 5.74) is 0. The molecule has 1 aromatic rings. The van der Waals surface area contributed by atoms with Crippen molar-refractivity contribution >= 4 is 7.32 Å². The van der Waals surface area contributed by atoms with Crippen LogP contribution in [0.25, 0.3) is 0 Å². The highest BCUT2D eigenvalue weighted by molar-refractivity contribution is 6.33. The average Bonchev–Trinajstić information content (AvgIpc) is 2.40. The lowest BCUT2D eigenvalue weighted by molar-refractivity contribution is 0.233. The van der Waals surface area contributed by atoms with Crippen LogP contribution in [0.2, 0.25) is 0 Å².